The van der Waals surface area contributed by atoms with E-state index in [1.165, 1.54) is 0 Å². The average Bonchev–Trinajstić information content (AvgIpc) is 2.34. The van der Waals surface area contributed by atoms with E-state index in [9.17, 15) is 14.0 Å². The fraction of sp³-hybridized carbons (Fsp3) is 0.333. The molecule has 4 N–H and O–H groups in total. The number of carbonyl (C=O) groups excluding carboxylic acids is 2. The highest BCUT2D eigenvalue weighted by atomic mass is 19.1. The molecule has 0 aromatic heterocycles. The first-order chi connectivity index (χ1) is 9.60. The van der Waals surface area contributed by atoms with Crippen LogP contribution in [0.4, 0.5) is 9.18 Å². The Bertz CT molecular complexity index is 545. The topological polar surface area (TPSA) is 108 Å². The summed E-state index contributed by atoms with van der Waals surface area (Å²) in [7, 11) is -2.04. The standard InChI is InChI=1S/C12H16BFN2O5/c1-12(2,3)21-11(18)16-15-10(17)7-4-5-9(14)8(6-7)13(19)20/h4-6,19-20H,1-3H3,(H,15,17)(H,16,18). The number of hydrazine groups is 1. The second-order valence-electron chi connectivity index (χ2n) is 5.19. The summed E-state index contributed by atoms with van der Waals surface area (Å²) >= 11 is 0. The summed E-state index contributed by atoms with van der Waals surface area (Å²) in [6.07, 6.45) is -0.861. The van der Waals surface area contributed by atoms with Crippen molar-refractivity contribution in [2.24, 2.45) is 0 Å². The number of ether oxygens (including phenoxy) is 1. The van der Waals surface area contributed by atoms with Gasteiger partial charge in [-0.25, -0.2) is 14.6 Å². The highest BCUT2D eigenvalue weighted by Gasteiger charge is 2.20. The first-order valence-corrected chi connectivity index (χ1v) is 6.05. The summed E-state index contributed by atoms with van der Waals surface area (Å²) in [5.74, 6) is -1.62. The van der Waals surface area contributed by atoms with Crippen LogP contribution in [0.15, 0.2) is 18.2 Å². The summed E-state index contributed by atoms with van der Waals surface area (Å²) in [6, 6.07) is 3.01. The zero-order chi connectivity index (χ0) is 16.2. The van der Waals surface area contributed by atoms with Crippen molar-refractivity contribution in [2.45, 2.75) is 26.4 Å². The van der Waals surface area contributed by atoms with Gasteiger partial charge in [0.1, 0.15) is 11.4 Å². The third kappa shape index (κ3) is 5.40. The number of hydrogen-bond acceptors (Lipinski definition) is 5. The minimum absolute atomic E-state index is 0.0597. The molecule has 0 aliphatic heterocycles. The number of nitrogens with one attached hydrogen (secondary N) is 2. The molecule has 0 atom stereocenters. The van der Waals surface area contributed by atoms with Gasteiger partial charge in [0, 0.05) is 11.0 Å². The summed E-state index contributed by atoms with van der Waals surface area (Å²) in [5.41, 5.74) is 2.85. The van der Waals surface area contributed by atoms with E-state index in [0.717, 1.165) is 18.2 Å². The lowest BCUT2D eigenvalue weighted by molar-refractivity contribution is 0.0483. The van der Waals surface area contributed by atoms with Gasteiger partial charge >= 0.3 is 13.2 Å². The van der Waals surface area contributed by atoms with Crippen LogP contribution in [0, 0.1) is 5.82 Å². The Morgan fingerprint density at radius 3 is 2.38 bits per heavy atom. The molecular formula is C12H16BFN2O5. The van der Waals surface area contributed by atoms with Crippen molar-refractivity contribution in [3.8, 4) is 0 Å². The van der Waals surface area contributed by atoms with Crippen molar-refractivity contribution < 1.29 is 28.8 Å². The molecule has 21 heavy (non-hydrogen) atoms. The molecule has 1 aromatic carbocycles. The predicted molar refractivity (Wildman–Crippen MR) is 73.1 cm³/mol. The van der Waals surface area contributed by atoms with Crippen LogP contribution in [-0.2, 0) is 4.74 Å². The van der Waals surface area contributed by atoms with Gasteiger partial charge in [0.2, 0.25) is 0 Å². The van der Waals surface area contributed by atoms with Gasteiger partial charge in [-0.2, -0.15) is 0 Å². The molecule has 0 saturated heterocycles. The Labute approximate surface area is 121 Å². The zero-order valence-corrected chi connectivity index (χ0v) is 11.8. The Morgan fingerprint density at radius 1 is 1.24 bits per heavy atom. The van der Waals surface area contributed by atoms with E-state index in [4.69, 9.17) is 14.8 Å². The van der Waals surface area contributed by atoms with E-state index in [0.29, 0.717) is 0 Å². The van der Waals surface area contributed by atoms with Gasteiger partial charge in [0.15, 0.2) is 0 Å². The van der Waals surface area contributed by atoms with E-state index >= 15 is 0 Å². The number of halogens is 1. The first kappa shape index (κ1) is 16.9. The maximum atomic E-state index is 13.2. The molecule has 0 fully saturated rings. The van der Waals surface area contributed by atoms with E-state index in [1.54, 1.807) is 20.8 Å². The van der Waals surface area contributed by atoms with Gasteiger partial charge in [-0.3, -0.25) is 10.2 Å². The quantitative estimate of drug-likeness (QED) is 0.442. The van der Waals surface area contributed by atoms with Crippen molar-refractivity contribution in [3.63, 3.8) is 0 Å². The second kappa shape index (κ2) is 6.55. The Morgan fingerprint density at radius 2 is 1.86 bits per heavy atom. The average molecular weight is 298 g/mol. The van der Waals surface area contributed by atoms with Gasteiger partial charge in [-0.1, -0.05) is 0 Å². The van der Waals surface area contributed by atoms with Crippen LogP contribution >= 0.6 is 0 Å². The molecule has 0 spiro atoms. The highest BCUT2D eigenvalue weighted by Crippen LogP contribution is 2.06. The highest BCUT2D eigenvalue weighted by molar-refractivity contribution is 6.58. The maximum Gasteiger partial charge on any atom is 0.491 e. The van der Waals surface area contributed by atoms with Crippen molar-refractivity contribution in [1.82, 2.24) is 10.9 Å². The van der Waals surface area contributed by atoms with Crippen LogP contribution in [-0.4, -0.2) is 34.8 Å². The van der Waals surface area contributed by atoms with E-state index in [-0.39, 0.29) is 5.56 Å². The molecule has 0 bridgehead atoms. The van der Waals surface area contributed by atoms with Gasteiger partial charge < -0.3 is 14.8 Å². The Kier molecular flexibility index (Phi) is 5.28. The Balaban J connectivity index is 2.68. The van der Waals surface area contributed by atoms with Crippen LogP contribution in [0.2, 0.25) is 0 Å². The van der Waals surface area contributed by atoms with Crippen molar-refractivity contribution in [3.05, 3.63) is 29.6 Å². The summed E-state index contributed by atoms with van der Waals surface area (Å²) in [4.78, 5) is 23.1. The first-order valence-electron chi connectivity index (χ1n) is 6.05. The lowest BCUT2D eigenvalue weighted by Crippen LogP contribution is -2.44. The molecule has 0 unspecified atom stereocenters. The summed E-state index contributed by atoms with van der Waals surface area (Å²) in [6.45, 7) is 4.97. The van der Waals surface area contributed by atoms with E-state index < -0.39 is 36.0 Å². The van der Waals surface area contributed by atoms with E-state index in [1.807, 2.05) is 5.43 Å². The molecule has 7 nitrogen and oxygen atoms in total. The minimum atomic E-state index is -2.04. The second-order valence-corrected chi connectivity index (χ2v) is 5.19. The number of amides is 2. The van der Waals surface area contributed by atoms with Crippen LogP contribution in [0.1, 0.15) is 31.1 Å². The number of benzene rings is 1. The lowest BCUT2D eigenvalue weighted by atomic mass is 9.79. The van der Waals surface area contributed by atoms with Crippen LogP contribution in [0.3, 0.4) is 0 Å². The van der Waals surface area contributed by atoms with E-state index in [2.05, 4.69) is 5.43 Å². The zero-order valence-electron chi connectivity index (χ0n) is 11.8. The molecule has 0 aliphatic rings. The third-order valence-electron chi connectivity index (χ3n) is 2.21. The van der Waals surface area contributed by atoms with Gasteiger partial charge in [0.05, 0.1) is 0 Å². The Hall–Kier alpha value is -2.13. The fourth-order valence-corrected chi connectivity index (χ4v) is 1.37. The molecule has 9 heteroatoms. The predicted octanol–water partition coefficient (Wildman–Crippen LogP) is -0.325. The summed E-state index contributed by atoms with van der Waals surface area (Å²) in [5, 5.41) is 17.9. The van der Waals surface area contributed by atoms with Crippen molar-refractivity contribution >= 4 is 24.6 Å². The van der Waals surface area contributed by atoms with Crippen molar-refractivity contribution in [1.29, 1.82) is 0 Å². The fourth-order valence-electron chi connectivity index (χ4n) is 1.37. The SMILES string of the molecule is CC(C)(C)OC(=O)NNC(=O)c1ccc(F)c(B(O)O)c1. The van der Waals surface area contributed by atoms with Gasteiger partial charge in [0.25, 0.3) is 5.91 Å². The molecule has 1 rings (SSSR count). The monoisotopic (exact) mass is 298 g/mol. The largest absolute Gasteiger partial charge is 0.491 e. The molecule has 0 saturated carbocycles. The van der Waals surface area contributed by atoms with Crippen LogP contribution in [0.25, 0.3) is 0 Å². The van der Waals surface area contributed by atoms with Gasteiger partial charge in [-0.05, 0) is 39.0 Å². The van der Waals surface area contributed by atoms with Crippen LogP contribution < -0.4 is 16.3 Å². The summed E-state index contributed by atoms with van der Waals surface area (Å²) < 4.78 is 18.1. The molecule has 2 amide bonds. The number of hydrogen-bond donors (Lipinski definition) is 4. The molecule has 114 valence electrons. The minimum Gasteiger partial charge on any atom is -0.443 e. The maximum absolute atomic E-state index is 13.2. The molecule has 0 heterocycles. The molecular weight excluding hydrogens is 282 g/mol. The smallest absolute Gasteiger partial charge is 0.443 e. The third-order valence-corrected chi connectivity index (χ3v) is 2.21. The van der Waals surface area contributed by atoms with Crippen molar-refractivity contribution in [2.75, 3.05) is 0 Å². The van der Waals surface area contributed by atoms with Crippen LogP contribution in [0.5, 0.6) is 0 Å². The lowest BCUT2D eigenvalue weighted by Gasteiger charge is -2.19. The molecule has 1 aromatic rings. The number of rotatable bonds is 2. The van der Waals surface area contributed by atoms with Gasteiger partial charge in [-0.15, -0.1) is 0 Å². The molecule has 0 radical (unpaired) electrons. The normalized spacial score (nSPS) is 10.8. The number of carbonyl (C=O) groups is 2. The molecule has 0 aliphatic carbocycles.